The summed E-state index contributed by atoms with van der Waals surface area (Å²) in [6.07, 6.45) is 0. The molecule has 0 aromatic heterocycles. The fraction of sp³-hybridized carbons (Fsp3) is 1.00. The second kappa shape index (κ2) is 4.47. The monoisotopic (exact) mass is 171 g/mol. The van der Waals surface area contributed by atoms with E-state index in [1.807, 2.05) is 0 Å². The number of nitrogens with zero attached hydrogens (tertiary/aromatic N) is 1. The molecule has 0 saturated carbocycles. The predicted molar refractivity (Wildman–Crippen MR) is 40.8 cm³/mol. The number of hydrogen-bond acceptors (Lipinski definition) is 1. The Balaban J connectivity index is 2.93. The van der Waals surface area contributed by atoms with Crippen LogP contribution in [-0.2, 0) is 0 Å². The van der Waals surface area contributed by atoms with E-state index in [1.54, 1.807) is 0 Å². The molecule has 48 valence electrons. The van der Waals surface area contributed by atoms with Gasteiger partial charge in [0, 0.05) is 0 Å². The van der Waals surface area contributed by atoms with Crippen molar-refractivity contribution in [3.8, 4) is 0 Å². The van der Waals surface area contributed by atoms with Gasteiger partial charge < -0.3 is 0 Å². The van der Waals surface area contributed by atoms with Crippen LogP contribution in [0.3, 0.4) is 0 Å². The van der Waals surface area contributed by atoms with E-state index in [9.17, 15) is 0 Å². The number of hydrogen-bond donors (Lipinski definition) is 0. The summed E-state index contributed by atoms with van der Waals surface area (Å²) < 4.78 is 0. The van der Waals surface area contributed by atoms with Gasteiger partial charge in [-0.05, 0) is 0 Å². The van der Waals surface area contributed by atoms with Gasteiger partial charge >= 0.3 is 57.7 Å². The summed E-state index contributed by atoms with van der Waals surface area (Å²) in [5.41, 5.74) is 4.88. The zero-order valence-electron chi connectivity index (χ0n) is 6.44. The Morgan fingerprint density at radius 1 is 1.25 bits per heavy atom. The molecule has 0 aliphatic heterocycles. The van der Waals surface area contributed by atoms with Gasteiger partial charge in [-0.2, -0.15) is 0 Å². The van der Waals surface area contributed by atoms with Crippen LogP contribution >= 0.6 is 0 Å². The van der Waals surface area contributed by atoms with E-state index in [-0.39, 0.29) is 0 Å². The molecule has 0 aliphatic carbocycles. The summed E-state index contributed by atoms with van der Waals surface area (Å²) in [6.45, 7) is 1.30. The Hall–Kier alpha value is 0.596. The Kier molecular flexibility index (Phi) is 4.81. The first-order valence-corrected chi connectivity index (χ1v) is 9.83. The molecule has 8 heavy (non-hydrogen) atoms. The molecule has 1 nitrogen and oxygen atoms in total. The quantitative estimate of drug-likeness (QED) is 0.580. The van der Waals surface area contributed by atoms with Gasteiger partial charge in [-0.15, -0.1) is 0 Å². The van der Waals surface area contributed by atoms with E-state index in [2.05, 4.69) is 30.0 Å². The maximum atomic E-state index is 2.44. The van der Waals surface area contributed by atoms with Crippen LogP contribution in [0.4, 0.5) is 0 Å². The average molecular weight is 172 g/mol. The summed E-state index contributed by atoms with van der Waals surface area (Å²) >= 11 is -0.658. The number of rotatable bonds is 3. The van der Waals surface area contributed by atoms with Gasteiger partial charge in [0.2, 0.25) is 0 Å². The van der Waals surface area contributed by atoms with Crippen LogP contribution in [0, 0.1) is 0 Å². The van der Waals surface area contributed by atoms with Crippen molar-refractivity contribution in [2.24, 2.45) is 0 Å². The van der Waals surface area contributed by atoms with E-state index in [4.69, 9.17) is 0 Å². The van der Waals surface area contributed by atoms with Crippen molar-refractivity contribution >= 4 is 16.2 Å². The van der Waals surface area contributed by atoms with E-state index < -0.39 is 16.2 Å². The van der Waals surface area contributed by atoms with Gasteiger partial charge in [0.15, 0.2) is 0 Å². The third-order valence-electron chi connectivity index (χ3n) is 1.15. The van der Waals surface area contributed by atoms with Crippen molar-refractivity contribution in [1.82, 2.24) is 4.90 Å². The molecule has 0 N–H and O–H groups in total. The van der Waals surface area contributed by atoms with Gasteiger partial charge in [0.05, 0.1) is 0 Å². The fourth-order valence-electron chi connectivity index (χ4n) is 0.516. The second-order valence-electron chi connectivity index (χ2n) is 2.99. The third-order valence-corrected chi connectivity index (χ3v) is 4.12. The molecular weight excluding hydrogens is 156 g/mol. The van der Waals surface area contributed by atoms with Crippen LogP contribution < -0.4 is 0 Å². The van der Waals surface area contributed by atoms with Crippen molar-refractivity contribution in [1.29, 1.82) is 0 Å². The summed E-state index contributed by atoms with van der Waals surface area (Å²) in [6, 6.07) is 0. The first-order valence-electron chi connectivity index (χ1n) is 3.27. The third kappa shape index (κ3) is 6.60. The molecule has 0 unspecified atom stereocenters. The zero-order valence-corrected chi connectivity index (χ0v) is 8.86. The van der Waals surface area contributed by atoms with E-state index in [0.717, 1.165) is 0 Å². The standard InChI is InChI=1S/C4H10N.2CH3.Ga/c1-4-5(2)3;;;/h1,4H2,2-3H3;2*1H3;. The molecular formula is C6H16GaN. The minimum atomic E-state index is -0.658. The Morgan fingerprint density at radius 2 is 1.75 bits per heavy atom. The summed E-state index contributed by atoms with van der Waals surface area (Å²) in [4.78, 5) is 3.77. The summed E-state index contributed by atoms with van der Waals surface area (Å²) in [5.74, 6) is 0. The molecule has 0 aromatic carbocycles. The topological polar surface area (TPSA) is 3.24 Å². The Labute approximate surface area is 58.1 Å². The fourth-order valence-corrected chi connectivity index (χ4v) is 2.68. The van der Waals surface area contributed by atoms with Crippen molar-refractivity contribution in [2.45, 2.75) is 15.9 Å². The molecule has 0 saturated heterocycles. The van der Waals surface area contributed by atoms with Gasteiger partial charge in [-0.3, -0.25) is 0 Å². The minimum absolute atomic E-state index is 0.658. The molecule has 0 radical (unpaired) electrons. The molecule has 0 spiro atoms. The molecule has 0 aromatic rings. The molecule has 0 amide bonds. The van der Waals surface area contributed by atoms with E-state index >= 15 is 0 Å². The van der Waals surface area contributed by atoms with Crippen molar-refractivity contribution in [3.63, 3.8) is 0 Å². The molecule has 0 fully saturated rings. The maximum absolute atomic E-state index is 2.44. The van der Waals surface area contributed by atoms with Crippen LogP contribution in [0.15, 0.2) is 0 Å². The van der Waals surface area contributed by atoms with E-state index in [1.165, 1.54) is 11.5 Å². The Morgan fingerprint density at radius 3 is 1.88 bits per heavy atom. The average Bonchev–Trinajstić information content (AvgIpc) is 1.61. The van der Waals surface area contributed by atoms with Gasteiger partial charge in [0.25, 0.3) is 0 Å². The molecule has 0 aliphatic rings. The van der Waals surface area contributed by atoms with Gasteiger partial charge in [-0.25, -0.2) is 0 Å². The van der Waals surface area contributed by atoms with Crippen LogP contribution in [0.1, 0.15) is 0 Å². The molecule has 0 heterocycles. The van der Waals surface area contributed by atoms with Gasteiger partial charge in [0.1, 0.15) is 0 Å². The molecule has 0 rings (SSSR count). The predicted octanol–water partition coefficient (Wildman–Crippen LogP) is 1.30. The SMILES string of the molecule is CN(C)C[CH2][Ga]([CH3])[CH3]. The van der Waals surface area contributed by atoms with Crippen molar-refractivity contribution < 1.29 is 0 Å². The van der Waals surface area contributed by atoms with Crippen molar-refractivity contribution in [2.75, 3.05) is 20.6 Å². The second-order valence-corrected chi connectivity index (χ2v) is 10.0. The van der Waals surface area contributed by atoms with Gasteiger partial charge in [-0.1, -0.05) is 0 Å². The molecule has 2 heteroatoms. The van der Waals surface area contributed by atoms with Crippen LogP contribution in [0.5, 0.6) is 0 Å². The summed E-state index contributed by atoms with van der Waals surface area (Å²) in [5, 5.41) is 0. The molecule has 0 bridgehead atoms. The normalized spacial score (nSPS) is 10.1. The first kappa shape index (κ1) is 8.60. The summed E-state index contributed by atoms with van der Waals surface area (Å²) in [7, 11) is 4.29. The molecule has 0 atom stereocenters. The van der Waals surface area contributed by atoms with Crippen molar-refractivity contribution in [3.05, 3.63) is 0 Å². The zero-order chi connectivity index (χ0) is 6.57. The van der Waals surface area contributed by atoms with Crippen LogP contribution in [0.25, 0.3) is 0 Å². The Bertz CT molecular complexity index is 44.5. The van der Waals surface area contributed by atoms with E-state index in [0.29, 0.717) is 0 Å². The van der Waals surface area contributed by atoms with Crippen LogP contribution in [-0.4, -0.2) is 41.8 Å². The van der Waals surface area contributed by atoms with Crippen LogP contribution in [0.2, 0.25) is 15.9 Å². The first-order chi connectivity index (χ1) is 3.63.